The maximum atomic E-state index is 6.02. The van der Waals surface area contributed by atoms with E-state index in [0.717, 1.165) is 11.3 Å². The van der Waals surface area contributed by atoms with E-state index in [1.165, 1.54) is 33.0 Å². The van der Waals surface area contributed by atoms with Gasteiger partial charge >= 0.3 is 0 Å². The van der Waals surface area contributed by atoms with E-state index in [0.29, 0.717) is 0 Å². The number of hydrogen-bond acceptors (Lipinski definition) is 3. The highest BCUT2D eigenvalue weighted by atomic mass is 32.1. The van der Waals surface area contributed by atoms with Gasteiger partial charge in [0.05, 0.1) is 11.6 Å². The second-order valence-corrected chi connectivity index (χ2v) is 7.06. The molecule has 1 aromatic carbocycles. The molecule has 2 unspecified atom stereocenters. The summed E-state index contributed by atoms with van der Waals surface area (Å²) in [6.07, 6.45) is 7.77. The van der Waals surface area contributed by atoms with Gasteiger partial charge in [0.15, 0.2) is 0 Å². The number of hydrogen-bond donors (Lipinski definition) is 1. The molecular weight excluding hydrogens is 312 g/mol. The molecule has 0 amide bonds. The number of aliphatic imine (C=N–C) groups is 1. The average Bonchev–Trinajstić information content (AvgIpc) is 3.05. The molecule has 0 spiro atoms. The minimum absolute atomic E-state index is 0.158. The van der Waals surface area contributed by atoms with Crippen LogP contribution in [0.15, 0.2) is 75.6 Å². The van der Waals surface area contributed by atoms with Crippen LogP contribution in [-0.4, -0.2) is 12.8 Å². The zero-order chi connectivity index (χ0) is 16.8. The van der Waals surface area contributed by atoms with Gasteiger partial charge in [-0.1, -0.05) is 30.4 Å². The lowest BCUT2D eigenvalue weighted by Gasteiger charge is -2.43. The molecule has 120 valence electrons. The van der Waals surface area contributed by atoms with Gasteiger partial charge < -0.3 is 5.73 Å². The Hall–Kier alpha value is -2.39. The van der Waals surface area contributed by atoms with Gasteiger partial charge in [-0.15, -0.1) is 0 Å². The Morgan fingerprint density at radius 3 is 2.42 bits per heavy atom. The minimum Gasteiger partial charge on any atom is -0.404 e. The van der Waals surface area contributed by atoms with Crippen molar-refractivity contribution in [1.29, 1.82) is 0 Å². The summed E-state index contributed by atoms with van der Waals surface area (Å²) in [5, 5.41) is 7.06. The van der Waals surface area contributed by atoms with Crippen LogP contribution in [0.25, 0.3) is 10.8 Å². The molecule has 2 nitrogen and oxygen atoms in total. The third kappa shape index (κ3) is 1.91. The molecular formula is C21H20N2S. The summed E-state index contributed by atoms with van der Waals surface area (Å²) in [6.45, 7) is 6.03. The van der Waals surface area contributed by atoms with Crippen LogP contribution < -0.4 is 5.73 Å². The molecule has 0 aliphatic heterocycles. The number of rotatable bonds is 2. The van der Waals surface area contributed by atoms with Crippen molar-refractivity contribution < 1.29 is 0 Å². The van der Waals surface area contributed by atoms with Crippen molar-refractivity contribution in [3.63, 3.8) is 0 Å². The lowest BCUT2D eigenvalue weighted by atomic mass is 9.60. The average molecular weight is 332 g/mol. The molecule has 0 saturated heterocycles. The van der Waals surface area contributed by atoms with Gasteiger partial charge in [0.2, 0.25) is 0 Å². The molecule has 0 saturated carbocycles. The molecule has 0 radical (unpaired) electrons. The first kappa shape index (κ1) is 15.2. The SMILES string of the molecule is C=C/C=C\C1=C(C)C2C(=CN)C(=NC)C1c1cc3cscc3cc12. The summed E-state index contributed by atoms with van der Waals surface area (Å²) in [5.41, 5.74) is 13.7. The molecule has 1 aromatic heterocycles. The summed E-state index contributed by atoms with van der Waals surface area (Å²) in [5.74, 6) is 0.354. The molecule has 3 aliphatic carbocycles. The van der Waals surface area contributed by atoms with Crippen LogP contribution in [0.3, 0.4) is 0 Å². The van der Waals surface area contributed by atoms with Crippen molar-refractivity contribution in [3.05, 3.63) is 81.7 Å². The maximum Gasteiger partial charge on any atom is 0.0519 e. The molecule has 0 fully saturated rings. The van der Waals surface area contributed by atoms with E-state index in [9.17, 15) is 0 Å². The monoisotopic (exact) mass is 332 g/mol. The van der Waals surface area contributed by atoms with E-state index < -0.39 is 0 Å². The van der Waals surface area contributed by atoms with E-state index in [1.807, 2.05) is 19.2 Å². The van der Waals surface area contributed by atoms with Gasteiger partial charge in [-0.05, 0) is 63.5 Å². The fourth-order valence-corrected chi connectivity index (χ4v) is 4.97. The highest BCUT2D eigenvalue weighted by Crippen LogP contribution is 2.54. The third-order valence-corrected chi connectivity index (χ3v) is 5.99. The summed E-state index contributed by atoms with van der Waals surface area (Å²) >= 11 is 1.75. The van der Waals surface area contributed by atoms with Gasteiger partial charge in [-0.3, -0.25) is 4.99 Å². The summed E-state index contributed by atoms with van der Waals surface area (Å²) in [7, 11) is 1.87. The predicted octanol–water partition coefficient (Wildman–Crippen LogP) is 5.07. The fourth-order valence-electron chi connectivity index (χ4n) is 4.20. The molecule has 3 aliphatic rings. The molecule has 24 heavy (non-hydrogen) atoms. The Kier molecular flexibility index (Phi) is 3.54. The Morgan fingerprint density at radius 2 is 1.83 bits per heavy atom. The third-order valence-electron chi connectivity index (χ3n) is 5.21. The van der Waals surface area contributed by atoms with Crippen molar-refractivity contribution in [1.82, 2.24) is 0 Å². The summed E-state index contributed by atoms with van der Waals surface area (Å²) < 4.78 is 0. The first-order chi connectivity index (χ1) is 11.7. The van der Waals surface area contributed by atoms with Crippen molar-refractivity contribution >= 4 is 27.8 Å². The van der Waals surface area contributed by atoms with Crippen LogP contribution >= 0.6 is 11.3 Å². The quantitative estimate of drug-likeness (QED) is 0.766. The second-order valence-electron chi connectivity index (χ2n) is 6.31. The number of allylic oxidation sites excluding steroid dienone is 6. The number of nitrogens with two attached hydrogens (primary N) is 1. The topological polar surface area (TPSA) is 38.4 Å². The Bertz CT molecular complexity index is 969. The zero-order valence-corrected chi connectivity index (χ0v) is 14.7. The maximum absolute atomic E-state index is 6.02. The normalized spacial score (nSPS) is 26.1. The Balaban J connectivity index is 2.07. The molecule has 1 heterocycles. The van der Waals surface area contributed by atoms with Crippen LogP contribution in [0.4, 0.5) is 0 Å². The largest absolute Gasteiger partial charge is 0.404 e. The van der Waals surface area contributed by atoms with Crippen LogP contribution in [0.2, 0.25) is 0 Å². The van der Waals surface area contributed by atoms with Gasteiger partial charge in [0, 0.05) is 18.5 Å². The van der Waals surface area contributed by atoms with Crippen LogP contribution in [0, 0.1) is 0 Å². The van der Waals surface area contributed by atoms with Crippen molar-refractivity contribution in [2.75, 3.05) is 7.05 Å². The molecule has 2 bridgehead atoms. The number of thiophene rings is 1. The lowest BCUT2D eigenvalue weighted by molar-refractivity contribution is 0.795. The molecule has 2 N–H and O–H groups in total. The van der Waals surface area contributed by atoms with E-state index >= 15 is 0 Å². The van der Waals surface area contributed by atoms with Crippen LogP contribution in [0.1, 0.15) is 29.9 Å². The second kappa shape index (κ2) is 5.60. The smallest absolute Gasteiger partial charge is 0.0519 e. The molecule has 2 atom stereocenters. The van der Waals surface area contributed by atoms with E-state index in [2.05, 4.69) is 47.5 Å². The minimum atomic E-state index is 0.158. The Morgan fingerprint density at radius 1 is 1.17 bits per heavy atom. The standard InChI is InChI=1S/C21H20N2S/c1-4-5-6-15-12(2)19-16-7-13-10-24-11-14(13)8-17(16)20(15)21(23-3)18(19)9-22/h4-11,19-20H,1,22H2,2-3H3/b6-5-,18-9?,23-21?. The van der Waals surface area contributed by atoms with E-state index in [-0.39, 0.29) is 11.8 Å². The lowest BCUT2D eigenvalue weighted by Crippen LogP contribution is -2.35. The molecule has 2 aromatic rings. The van der Waals surface area contributed by atoms with Crippen molar-refractivity contribution in [2.24, 2.45) is 10.7 Å². The first-order valence-corrected chi connectivity index (χ1v) is 9.03. The van der Waals surface area contributed by atoms with Gasteiger partial charge in [-0.2, -0.15) is 11.3 Å². The number of nitrogens with zero attached hydrogens (tertiary/aromatic N) is 1. The summed E-state index contributed by atoms with van der Waals surface area (Å²) in [6, 6.07) is 4.68. The highest BCUT2D eigenvalue weighted by molar-refractivity contribution is 7.09. The molecule has 3 heteroatoms. The predicted molar refractivity (Wildman–Crippen MR) is 105 cm³/mol. The molecule has 5 rings (SSSR count). The van der Waals surface area contributed by atoms with Gasteiger partial charge in [-0.25, -0.2) is 0 Å². The summed E-state index contributed by atoms with van der Waals surface area (Å²) in [4.78, 5) is 4.62. The Labute approximate surface area is 146 Å². The fraction of sp³-hybridized carbons (Fsp3) is 0.190. The zero-order valence-electron chi connectivity index (χ0n) is 13.9. The highest BCUT2D eigenvalue weighted by Gasteiger charge is 2.43. The number of fused-ring (bicyclic) bond motifs is 2. The van der Waals surface area contributed by atoms with Crippen molar-refractivity contribution in [3.8, 4) is 0 Å². The van der Waals surface area contributed by atoms with E-state index in [1.54, 1.807) is 17.5 Å². The van der Waals surface area contributed by atoms with Crippen LogP contribution in [0.5, 0.6) is 0 Å². The van der Waals surface area contributed by atoms with Crippen LogP contribution in [-0.2, 0) is 0 Å². The van der Waals surface area contributed by atoms with E-state index in [4.69, 9.17) is 5.73 Å². The number of benzene rings is 1. The van der Waals surface area contributed by atoms with Crippen molar-refractivity contribution in [2.45, 2.75) is 18.8 Å². The van der Waals surface area contributed by atoms with Gasteiger partial charge in [0.25, 0.3) is 0 Å². The first-order valence-electron chi connectivity index (χ1n) is 8.09. The van der Waals surface area contributed by atoms with Gasteiger partial charge in [0.1, 0.15) is 0 Å².